The Hall–Kier alpha value is -2.97. The van der Waals surface area contributed by atoms with E-state index >= 15 is 0 Å². The van der Waals surface area contributed by atoms with E-state index < -0.39 is 23.5 Å². The number of hydrogen-bond donors (Lipinski definition) is 1. The molecule has 0 saturated carbocycles. The number of ether oxygens (including phenoxy) is 1. The lowest BCUT2D eigenvalue weighted by Gasteiger charge is -2.34. The van der Waals surface area contributed by atoms with Crippen molar-refractivity contribution in [1.29, 1.82) is 0 Å². The van der Waals surface area contributed by atoms with Gasteiger partial charge in [0.1, 0.15) is 12.4 Å². The van der Waals surface area contributed by atoms with Crippen molar-refractivity contribution in [1.82, 2.24) is 10.2 Å². The Morgan fingerprint density at radius 2 is 1.88 bits per heavy atom. The van der Waals surface area contributed by atoms with E-state index in [1.807, 2.05) is 43.3 Å². The van der Waals surface area contributed by atoms with Crippen LogP contribution in [0.2, 0.25) is 0 Å². The first kappa shape index (κ1) is 23.2. The predicted molar refractivity (Wildman–Crippen MR) is 117 cm³/mol. The van der Waals surface area contributed by atoms with Gasteiger partial charge in [-0.05, 0) is 41.0 Å². The van der Waals surface area contributed by atoms with Crippen LogP contribution in [0.15, 0.2) is 60.7 Å². The summed E-state index contributed by atoms with van der Waals surface area (Å²) in [5.41, 5.74) is -0.0889. The standard InChI is InChI=1S/C25H24F4N2O2/c1-16(21-8-4-6-17-5-2-3-7-22(17)21)30-12-20-14-31(24(32)15-33-20)13-18-9-10-19(26)11-23(18)25(27,28)29/h2-11,16,20,30H,12-15H2,1H3. The maximum Gasteiger partial charge on any atom is 0.416 e. The zero-order chi connectivity index (χ0) is 23.6. The molecule has 4 rings (SSSR count). The quantitative estimate of drug-likeness (QED) is 0.522. The van der Waals surface area contributed by atoms with Crippen molar-refractivity contribution in [3.05, 3.63) is 83.2 Å². The number of carbonyl (C=O) groups is 1. The van der Waals surface area contributed by atoms with Gasteiger partial charge in [0.2, 0.25) is 5.91 Å². The van der Waals surface area contributed by atoms with Gasteiger partial charge in [0.25, 0.3) is 0 Å². The number of nitrogens with zero attached hydrogens (tertiary/aromatic N) is 1. The summed E-state index contributed by atoms with van der Waals surface area (Å²) in [5.74, 6) is -1.37. The Labute approximate surface area is 189 Å². The minimum atomic E-state index is -4.71. The highest BCUT2D eigenvalue weighted by Crippen LogP contribution is 2.33. The highest BCUT2D eigenvalue weighted by atomic mass is 19.4. The SMILES string of the molecule is CC(NCC1CN(Cc2ccc(F)cc2C(F)(F)F)C(=O)CO1)c1cccc2ccccc12. The van der Waals surface area contributed by atoms with Crippen LogP contribution in [0.1, 0.15) is 29.7 Å². The summed E-state index contributed by atoms with van der Waals surface area (Å²) < 4.78 is 59.0. The van der Waals surface area contributed by atoms with Crippen LogP contribution in [-0.2, 0) is 22.3 Å². The van der Waals surface area contributed by atoms with E-state index in [4.69, 9.17) is 4.74 Å². The van der Waals surface area contributed by atoms with E-state index in [-0.39, 0.29) is 37.4 Å². The van der Waals surface area contributed by atoms with E-state index in [2.05, 4.69) is 11.4 Å². The van der Waals surface area contributed by atoms with Crippen LogP contribution in [-0.4, -0.2) is 36.6 Å². The summed E-state index contributed by atoms with van der Waals surface area (Å²) in [4.78, 5) is 13.6. The van der Waals surface area contributed by atoms with E-state index in [1.54, 1.807) is 0 Å². The number of carbonyl (C=O) groups excluding carboxylic acids is 1. The van der Waals surface area contributed by atoms with Crippen LogP contribution in [0.5, 0.6) is 0 Å². The fourth-order valence-electron chi connectivity index (χ4n) is 4.16. The molecule has 2 unspecified atom stereocenters. The van der Waals surface area contributed by atoms with Crippen LogP contribution < -0.4 is 5.32 Å². The van der Waals surface area contributed by atoms with Crippen molar-refractivity contribution in [3.63, 3.8) is 0 Å². The second-order valence-electron chi connectivity index (χ2n) is 8.20. The predicted octanol–water partition coefficient (Wildman–Crippen LogP) is 5.08. The normalized spacial score (nSPS) is 18.0. The van der Waals surface area contributed by atoms with E-state index in [0.717, 1.165) is 28.5 Å². The molecule has 1 saturated heterocycles. The molecule has 1 aliphatic rings. The maximum absolute atomic E-state index is 13.4. The number of rotatable bonds is 6. The molecule has 1 N–H and O–H groups in total. The summed E-state index contributed by atoms with van der Waals surface area (Å²) in [6.07, 6.45) is -5.09. The van der Waals surface area contributed by atoms with Gasteiger partial charge in [-0.15, -0.1) is 0 Å². The van der Waals surface area contributed by atoms with E-state index in [1.165, 1.54) is 4.90 Å². The molecule has 4 nitrogen and oxygen atoms in total. The lowest BCUT2D eigenvalue weighted by Crippen LogP contribution is -2.49. The Morgan fingerprint density at radius 1 is 1.12 bits per heavy atom. The molecule has 0 aliphatic carbocycles. The molecule has 1 heterocycles. The van der Waals surface area contributed by atoms with Gasteiger partial charge in [0, 0.05) is 25.7 Å². The van der Waals surface area contributed by atoms with Crippen LogP contribution >= 0.6 is 0 Å². The number of amides is 1. The number of benzene rings is 3. The summed E-state index contributed by atoms with van der Waals surface area (Å²) in [6, 6.07) is 16.7. The number of fused-ring (bicyclic) bond motifs is 1. The summed E-state index contributed by atoms with van der Waals surface area (Å²) in [6.45, 7) is 2.12. The van der Waals surface area contributed by atoms with E-state index in [9.17, 15) is 22.4 Å². The maximum atomic E-state index is 13.4. The largest absolute Gasteiger partial charge is 0.416 e. The van der Waals surface area contributed by atoms with Crippen LogP contribution in [0.3, 0.4) is 0 Å². The second-order valence-corrected chi connectivity index (χ2v) is 8.20. The van der Waals surface area contributed by atoms with Crippen LogP contribution in [0.4, 0.5) is 17.6 Å². The zero-order valence-electron chi connectivity index (χ0n) is 18.0. The zero-order valence-corrected chi connectivity index (χ0v) is 18.0. The molecule has 1 amide bonds. The summed E-state index contributed by atoms with van der Waals surface area (Å²) in [7, 11) is 0. The number of hydrogen-bond acceptors (Lipinski definition) is 3. The highest BCUT2D eigenvalue weighted by molar-refractivity contribution is 5.86. The van der Waals surface area contributed by atoms with Gasteiger partial charge in [-0.3, -0.25) is 4.79 Å². The van der Waals surface area contributed by atoms with Gasteiger partial charge >= 0.3 is 6.18 Å². The molecule has 8 heteroatoms. The summed E-state index contributed by atoms with van der Waals surface area (Å²) in [5, 5.41) is 5.68. The number of nitrogens with one attached hydrogen (secondary N) is 1. The Kier molecular flexibility index (Phi) is 6.67. The van der Waals surface area contributed by atoms with Gasteiger partial charge in [0.15, 0.2) is 0 Å². The van der Waals surface area contributed by atoms with Crippen molar-refractivity contribution in [2.75, 3.05) is 19.7 Å². The van der Waals surface area contributed by atoms with Crippen molar-refractivity contribution in [2.45, 2.75) is 31.8 Å². The van der Waals surface area contributed by atoms with Crippen molar-refractivity contribution < 1.29 is 27.1 Å². The summed E-state index contributed by atoms with van der Waals surface area (Å²) >= 11 is 0. The second kappa shape index (κ2) is 9.49. The fraction of sp³-hybridized carbons (Fsp3) is 0.320. The highest BCUT2D eigenvalue weighted by Gasteiger charge is 2.35. The molecule has 3 aromatic rings. The number of halogens is 4. The molecule has 174 valence electrons. The fourth-order valence-corrected chi connectivity index (χ4v) is 4.16. The molecule has 0 radical (unpaired) electrons. The van der Waals surface area contributed by atoms with Crippen molar-refractivity contribution in [3.8, 4) is 0 Å². The monoisotopic (exact) mass is 460 g/mol. The number of morpholine rings is 1. The minimum absolute atomic E-state index is 0.000270. The average molecular weight is 460 g/mol. The molecule has 33 heavy (non-hydrogen) atoms. The molecule has 0 aromatic heterocycles. The molecule has 1 fully saturated rings. The van der Waals surface area contributed by atoms with Gasteiger partial charge in [0.05, 0.1) is 11.7 Å². The first-order valence-corrected chi connectivity index (χ1v) is 10.7. The first-order chi connectivity index (χ1) is 15.7. The lowest BCUT2D eigenvalue weighted by atomic mass is 9.99. The Balaban J connectivity index is 1.43. The smallest absolute Gasteiger partial charge is 0.365 e. The van der Waals surface area contributed by atoms with Gasteiger partial charge < -0.3 is 15.0 Å². The molecule has 3 aromatic carbocycles. The third-order valence-electron chi connectivity index (χ3n) is 5.90. The third-order valence-corrected chi connectivity index (χ3v) is 5.90. The Bertz CT molecular complexity index is 1140. The van der Waals surface area contributed by atoms with Crippen molar-refractivity contribution >= 4 is 16.7 Å². The molecule has 0 spiro atoms. The van der Waals surface area contributed by atoms with E-state index in [0.29, 0.717) is 12.6 Å². The molecular weight excluding hydrogens is 436 g/mol. The molecular formula is C25H24F4N2O2. The Morgan fingerprint density at radius 3 is 2.67 bits per heavy atom. The molecule has 2 atom stereocenters. The average Bonchev–Trinajstić information content (AvgIpc) is 2.79. The van der Waals surface area contributed by atoms with Crippen LogP contribution in [0, 0.1) is 5.82 Å². The van der Waals surface area contributed by atoms with Crippen molar-refractivity contribution in [2.24, 2.45) is 0 Å². The molecule has 0 bridgehead atoms. The van der Waals surface area contributed by atoms with Gasteiger partial charge in [-0.2, -0.15) is 13.2 Å². The number of alkyl halides is 3. The molecule has 1 aliphatic heterocycles. The van der Waals surface area contributed by atoms with Gasteiger partial charge in [-0.1, -0.05) is 48.5 Å². The van der Waals surface area contributed by atoms with Crippen LogP contribution in [0.25, 0.3) is 10.8 Å². The van der Waals surface area contributed by atoms with Gasteiger partial charge in [-0.25, -0.2) is 4.39 Å². The first-order valence-electron chi connectivity index (χ1n) is 10.7. The topological polar surface area (TPSA) is 41.6 Å². The third kappa shape index (κ3) is 5.34. The lowest BCUT2D eigenvalue weighted by molar-refractivity contribution is -0.150. The minimum Gasteiger partial charge on any atom is -0.365 e.